The average molecular weight is 249 g/mol. The van der Waals surface area contributed by atoms with Gasteiger partial charge >= 0.3 is 5.97 Å². The van der Waals surface area contributed by atoms with Crippen molar-refractivity contribution in [3.05, 3.63) is 29.8 Å². The molecule has 1 heterocycles. The Balaban J connectivity index is 2.12. The van der Waals surface area contributed by atoms with Gasteiger partial charge in [-0.1, -0.05) is 12.1 Å². The number of aliphatic carboxylic acids is 1. The maximum Gasteiger partial charge on any atom is 0.304 e. The minimum atomic E-state index is -0.741. The van der Waals surface area contributed by atoms with Crippen molar-refractivity contribution in [1.29, 1.82) is 0 Å². The zero-order valence-corrected chi connectivity index (χ0v) is 10.5. The maximum absolute atomic E-state index is 10.8. The van der Waals surface area contributed by atoms with E-state index in [1.807, 2.05) is 12.1 Å². The molecule has 0 aliphatic carbocycles. The summed E-state index contributed by atoms with van der Waals surface area (Å²) in [7, 11) is 0. The minimum absolute atomic E-state index is 0.111. The molecule has 2 unspecified atom stereocenters. The van der Waals surface area contributed by atoms with Gasteiger partial charge in [0.15, 0.2) is 0 Å². The number of carbonyl (C=O) groups is 1. The fourth-order valence-corrected chi connectivity index (χ4v) is 2.76. The molecule has 1 fully saturated rings. The van der Waals surface area contributed by atoms with Crippen LogP contribution >= 0.6 is 0 Å². The van der Waals surface area contributed by atoms with Crippen molar-refractivity contribution in [2.45, 2.75) is 38.3 Å². The van der Waals surface area contributed by atoms with E-state index in [1.54, 1.807) is 12.1 Å². The van der Waals surface area contributed by atoms with Crippen molar-refractivity contribution in [3.63, 3.8) is 0 Å². The van der Waals surface area contributed by atoms with Gasteiger partial charge < -0.3 is 10.2 Å². The first-order valence-corrected chi connectivity index (χ1v) is 6.34. The summed E-state index contributed by atoms with van der Waals surface area (Å²) in [6.45, 7) is 2.99. The Labute approximate surface area is 107 Å². The minimum Gasteiger partial charge on any atom is -0.508 e. The van der Waals surface area contributed by atoms with Gasteiger partial charge in [0.1, 0.15) is 5.75 Å². The van der Waals surface area contributed by atoms with Gasteiger partial charge in [0, 0.05) is 12.1 Å². The Morgan fingerprint density at radius 1 is 1.56 bits per heavy atom. The SMILES string of the molecule is CC(c1cccc(O)c1)N1CCCC1CC(=O)O. The van der Waals surface area contributed by atoms with Crippen molar-refractivity contribution in [2.24, 2.45) is 0 Å². The summed E-state index contributed by atoms with van der Waals surface area (Å²) in [5, 5.41) is 18.4. The normalized spacial score (nSPS) is 21.9. The van der Waals surface area contributed by atoms with E-state index in [2.05, 4.69) is 11.8 Å². The molecule has 2 N–H and O–H groups in total. The molecule has 1 aromatic rings. The van der Waals surface area contributed by atoms with Gasteiger partial charge in [-0.3, -0.25) is 9.69 Å². The second-order valence-electron chi connectivity index (χ2n) is 4.90. The molecule has 1 aromatic carbocycles. The molecule has 0 aromatic heterocycles. The van der Waals surface area contributed by atoms with Crippen LogP contribution in [-0.4, -0.2) is 33.7 Å². The van der Waals surface area contributed by atoms with Crippen molar-refractivity contribution >= 4 is 5.97 Å². The average Bonchev–Trinajstić information content (AvgIpc) is 2.75. The molecule has 1 saturated heterocycles. The molecule has 0 spiro atoms. The number of carboxylic acids is 1. The Hall–Kier alpha value is -1.55. The number of phenolic OH excluding ortho intramolecular Hbond substituents is 1. The molecule has 98 valence electrons. The zero-order chi connectivity index (χ0) is 13.1. The molecule has 18 heavy (non-hydrogen) atoms. The lowest BCUT2D eigenvalue weighted by Crippen LogP contribution is -2.33. The molecule has 4 heteroatoms. The van der Waals surface area contributed by atoms with Crippen molar-refractivity contribution in [3.8, 4) is 5.75 Å². The van der Waals surface area contributed by atoms with E-state index in [0.29, 0.717) is 0 Å². The largest absolute Gasteiger partial charge is 0.508 e. The summed E-state index contributed by atoms with van der Waals surface area (Å²) in [5.74, 6) is -0.483. The Morgan fingerprint density at radius 2 is 2.33 bits per heavy atom. The van der Waals surface area contributed by atoms with Crippen LogP contribution in [0, 0.1) is 0 Å². The lowest BCUT2D eigenvalue weighted by atomic mass is 10.0. The Bertz CT molecular complexity index is 433. The Kier molecular flexibility index (Phi) is 3.87. The predicted molar refractivity (Wildman–Crippen MR) is 68.5 cm³/mol. The topological polar surface area (TPSA) is 60.8 Å². The Morgan fingerprint density at radius 3 is 3.00 bits per heavy atom. The van der Waals surface area contributed by atoms with Gasteiger partial charge in [0.25, 0.3) is 0 Å². The lowest BCUT2D eigenvalue weighted by Gasteiger charge is -2.30. The summed E-state index contributed by atoms with van der Waals surface area (Å²) in [5.41, 5.74) is 1.03. The number of carboxylic acid groups (broad SMARTS) is 1. The lowest BCUT2D eigenvalue weighted by molar-refractivity contribution is -0.138. The monoisotopic (exact) mass is 249 g/mol. The number of hydrogen-bond donors (Lipinski definition) is 2. The molecular formula is C14H19NO3. The van der Waals surface area contributed by atoms with Crippen LogP contribution in [0.15, 0.2) is 24.3 Å². The second-order valence-corrected chi connectivity index (χ2v) is 4.90. The summed E-state index contributed by atoms with van der Waals surface area (Å²) in [6, 6.07) is 7.45. The zero-order valence-electron chi connectivity index (χ0n) is 10.5. The highest BCUT2D eigenvalue weighted by Gasteiger charge is 2.30. The third kappa shape index (κ3) is 2.82. The number of hydrogen-bond acceptors (Lipinski definition) is 3. The fourth-order valence-electron chi connectivity index (χ4n) is 2.76. The van der Waals surface area contributed by atoms with Crippen LogP contribution in [0.4, 0.5) is 0 Å². The van der Waals surface area contributed by atoms with Crippen LogP contribution in [0.1, 0.15) is 37.8 Å². The highest BCUT2D eigenvalue weighted by atomic mass is 16.4. The third-order valence-corrected chi connectivity index (χ3v) is 3.68. The highest BCUT2D eigenvalue weighted by molar-refractivity contribution is 5.67. The molecule has 2 rings (SSSR count). The van der Waals surface area contributed by atoms with Crippen LogP contribution in [0.3, 0.4) is 0 Å². The number of aromatic hydroxyl groups is 1. The quantitative estimate of drug-likeness (QED) is 0.860. The fraction of sp³-hybridized carbons (Fsp3) is 0.500. The number of likely N-dealkylation sites (tertiary alicyclic amines) is 1. The standard InChI is InChI=1S/C14H19NO3/c1-10(11-4-2-6-13(16)8-11)15-7-3-5-12(15)9-14(17)18/h2,4,6,8,10,12,16H,3,5,7,9H2,1H3,(H,17,18). The van der Waals surface area contributed by atoms with Crippen molar-refractivity contribution in [2.75, 3.05) is 6.54 Å². The van der Waals surface area contributed by atoms with E-state index in [1.165, 1.54) is 0 Å². The molecular weight excluding hydrogens is 230 g/mol. The number of rotatable bonds is 4. The van der Waals surface area contributed by atoms with Crippen molar-refractivity contribution in [1.82, 2.24) is 4.90 Å². The predicted octanol–water partition coefficient (Wildman–Crippen LogP) is 2.39. The number of phenols is 1. The van der Waals surface area contributed by atoms with E-state index < -0.39 is 5.97 Å². The van der Waals surface area contributed by atoms with Crippen LogP contribution in [0.25, 0.3) is 0 Å². The van der Waals surface area contributed by atoms with Crippen LogP contribution in [0.5, 0.6) is 5.75 Å². The molecule has 1 aliphatic heterocycles. The molecule has 0 saturated carbocycles. The molecule has 4 nitrogen and oxygen atoms in total. The first-order chi connectivity index (χ1) is 8.58. The van der Waals surface area contributed by atoms with Gasteiger partial charge in [0.05, 0.1) is 6.42 Å². The summed E-state index contributed by atoms with van der Waals surface area (Å²) in [6.07, 6.45) is 2.18. The van der Waals surface area contributed by atoms with Gasteiger partial charge in [-0.25, -0.2) is 0 Å². The first kappa shape index (κ1) is 12.9. The maximum atomic E-state index is 10.8. The number of benzene rings is 1. The van der Waals surface area contributed by atoms with Crippen LogP contribution in [0.2, 0.25) is 0 Å². The van der Waals surface area contributed by atoms with E-state index in [9.17, 15) is 9.90 Å². The summed E-state index contributed by atoms with van der Waals surface area (Å²) >= 11 is 0. The molecule has 0 radical (unpaired) electrons. The van der Waals surface area contributed by atoms with E-state index in [-0.39, 0.29) is 24.3 Å². The van der Waals surface area contributed by atoms with E-state index in [4.69, 9.17) is 5.11 Å². The molecule has 2 atom stereocenters. The van der Waals surface area contributed by atoms with Gasteiger partial charge in [-0.15, -0.1) is 0 Å². The molecule has 1 aliphatic rings. The summed E-state index contributed by atoms with van der Waals surface area (Å²) in [4.78, 5) is 13.1. The molecule has 0 amide bonds. The van der Waals surface area contributed by atoms with Gasteiger partial charge in [-0.05, 0) is 44.0 Å². The molecule has 0 bridgehead atoms. The number of nitrogens with zero attached hydrogens (tertiary/aromatic N) is 1. The smallest absolute Gasteiger partial charge is 0.304 e. The first-order valence-electron chi connectivity index (χ1n) is 6.34. The van der Waals surface area contributed by atoms with Crippen molar-refractivity contribution < 1.29 is 15.0 Å². The summed E-state index contributed by atoms with van der Waals surface area (Å²) < 4.78 is 0. The van der Waals surface area contributed by atoms with Gasteiger partial charge in [0.2, 0.25) is 0 Å². The van der Waals surface area contributed by atoms with Gasteiger partial charge in [-0.2, -0.15) is 0 Å². The van der Waals surface area contributed by atoms with E-state index >= 15 is 0 Å². The van der Waals surface area contributed by atoms with E-state index in [0.717, 1.165) is 24.9 Å². The highest BCUT2D eigenvalue weighted by Crippen LogP contribution is 2.31. The van der Waals surface area contributed by atoms with Crippen LogP contribution in [-0.2, 0) is 4.79 Å². The third-order valence-electron chi connectivity index (χ3n) is 3.68. The second kappa shape index (κ2) is 5.40. The van der Waals surface area contributed by atoms with Crippen LogP contribution < -0.4 is 0 Å².